The van der Waals surface area contributed by atoms with Crippen LogP contribution in [0, 0.1) is 5.82 Å². The Hall–Kier alpha value is -2.55. The Bertz CT molecular complexity index is 874. The van der Waals surface area contributed by atoms with Crippen molar-refractivity contribution in [1.82, 2.24) is 10.2 Å². The maximum atomic E-state index is 13.2. The molecule has 0 bridgehead atoms. The van der Waals surface area contributed by atoms with Crippen LogP contribution in [0.3, 0.4) is 0 Å². The third-order valence-electron chi connectivity index (χ3n) is 4.30. The lowest BCUT2D eigenvalue weighted by Gasteiger charge is -2.23. The number of nitrogens with zero attached hydrogens (tertiary/aromatic N) is 1. The van der Waals surface area contributed by atoms with Gasteiger partial charge in [0.1, 0.15) is 11.9 Å². The van der Waals surface area contributed by atoms with Gasteiger partial charge < -0.3 is 10.2 Å². The number of thioether (sulfide) groups is 1. The van der Waals surface area contributed by atoms with Gasteiger partial charge in [0.15, 0.2) is 0 Å². The molecule has 1 heterocycles. The largest absolute Gasteiger partial charge is 0.416 e. The summed E-state index contributed by atoms with van der Waals surface area (Å²) >= 11 is 1.39. The molecule has 1 fully saturated rings. The minimum atomic E-state index is -4.74. The molecule has 0 aliphatic carbocycles. The average Bonchev–Trinajstić information content (AvgIpc) is 3.16. The van der Waals surface area contributed by atoms with Gasteiger partial charge in [-0.15, -0.1) is 11.8 Å². The Morgan fingerprint density at radius 2 is 1.86 bits per heavy atom. The van der Waals surface area contributed by atoms with Crippen LogP contribution in [0.4, 0.5) is 17.6 Å². The molecule has 0 unspecified atom stereocenters. The number of rotatable bonds is 4. The van der Waals surface area contributed by atoms with Gasteiger partial charge in [0, 0.05) is 17.9 Å². The van der Waals surface area contributed by atoms with E-state index in [1.54, 1.807) is 30.3 Å². The first-order valence-corrected chi connectivity index (χ1v) is 9.50. The summed E-state index contributed by atoms with van der Waals surface area (Å²) in [4.78, 5) is 26.5. The Morgan fingerprint density at radius 3 is 2.54 bits per heavy atom. The van der Waals surface area contributed by atoms with Gasteiger partial charge in [-0.1, -0.05) is 24.3 Å². The zero-order valence-electron chi connectivity index (χ0n) is 14.5. The van der Waals surface area contributed by atoms with Crippen LogP contribution < -0.4 is 5.32 Å². The van der Waals surface area contributed by atoms with Crippen LogP contribution in [0.25, 0.3) is 0 Å². The van der Waals surface area contributed by atoms with Crippen molar-refractivity contribution in [3.63, 3.8) is 0 Å². The van der Waals surface area contributed by atoms with Crippen LogP contribution in [-0.4, -0.2) is 34.4 Å². The van der Waals surface area contributed by atoms with Gasteiger partial charge in [-0.05, 0) is 29.8 Å². The minimum absolute atomic E-state index is 0.242. The van der Waals surface area contributed by atoms with Gasteiger partial charge in [-0.3, -0.25) is 9.59 Å². The van der Waals surface area contributed by atoms with Crippen LogP contribution in [0.15, 0.2) is 48.5 Å². The van der Waals surface area contributed by atoms with Gasteiger partial charge in [0.25, 0.3) is 5.91 Å². The smallest absolute Gasteiger partial charge is 0.350 e. The molecule has 0 spiro atoms. The van der Waals surface area contributed by atoms with Crippen molar-refractivity contribution in [2.24, 2.45) is 0 Å². The maximum absolute atomic E-state index is 13.2. The molecule has 1 aliphatic rings. The van der Waals surface area contributed by atoms with Crippen LogP contribution in [0.2, 0.25) is 0 Å². The summed E-state index contributed by atoms with van der Waals surface area (Å²) in [5, 5.41) is 2.44. The molecule has 148 valence electrons. The molecule has 0 radical (unpaired) electrons. The van der Waals surface area contributed by atoms with Crippen molar-refractivity contribution in [1.29, 1.82) is 0 Å². The van der Waals surface area contributed by atoms with E-state index in [0.29, 0.717) is 23.3 Å². The lowest BCUT2D eigenvalue weighted by Crippen LogP contribution is -2.47. The van der Waals surface area contributed by atoms with Crippen LogP contribution in [0.1, 0.15) is 21.5 Å². The number of carbonyl (C=O) groups is 2. The van der Waals surface area contributed by atoms with Crippen molar-refractivity contribution in [2.45, 2.75) is 18.8 Å². The first-order chi connectivity index (χ1) is 13.3. The molecule has 1 N–H and O–H groups in total. The highest BCUT2D eigenvalue weighted by molar-refractivity contribution is 7.99. The Morgan fingerprint density at radius 1 is 1.14 bits per heavy atom. The number of amides is 2. The number of alkyl halides is 3. The molecule has 1 saturated heterocycles. The summed E-state index contributed by atoms with van der Waals surface area (Å²) in [7, 11) is 0. The monoisotopic (exact) mass is 412 g/mol. The van der Waals surface area contributed by atoms with E-state index >= 15 is 0 Å². The highest BCUT2D eigenvalue weighted by Gasteiger charge is 2.36. The summed E-state index contributed by atoms with van der Waals surface area (Å²) in [6.45, 7) is -0.414. The van der Waals surface area contributed by atoms with E-state index in [0.717, 1.165) is 12.1 Å². The van der Waals surface area contributed by atoms with Crippen molar-refractivity contribution < 1.29 is 27.2 Å². The van der Waals surface area contributed by atoms with Crippen molar-refractivity contribution in [3.8, 4) is 0 Å². The van der Waals surface area contributed by atoms with Crippen molar-refractivity contribution in [2.75, 3.05) is 11.6 Å². The molecular weight excluding hydrogens is 396 g/mol. The number of nitrogens with one attached hydrogen (secondary N) is 1. The highest BCUT2D eigenvalue weighted by Crippen LogP contribution is 2.32. The molecule has 0 saturated carbocycles. The first kappa shape index (κ1) is 20.2. The van der Waals surface area contributed by atoms with E-state index < -0.39 is 36.1 Å². The third-order valence-corrected chi connectivity index (χ3v) is 5.31. The van der Waals surface area contributed by atoms with E-state index in [2.05, 4.69) is 5.32 Å². The number of hydrogen-bond acceptors (Lipinski definition) is 3. The van der Waals surface area contributed by atoms with Gasteiger partial charge in [-0.2, -0.15) is 13.2 Å². The van der Waals surface area contributed by atoms with Gasteiger partial charge >= 0.3 is 6.18 Å². The van der Waals surface area contributed by atoms with Crippen molar-refractivity contribution >= 4 is 23.6 Å². The predicted molar refractivity (Wildman–Crippen MR) is 97.0 cm³/mol. The molecule has 3 rings (SSSR count). The van der Waals surface area contributed by atoms with E-state index in [9.17, 15) is 27.2 Å². The van der Waals surface area contributed by atoms with Gasteiger partial charge in [0.05, 0.1) is 11.4 Å². The zero-order valence-corrected chi connectivity index (χ0v) is 15.3. The summed E-state index contributed by atoms with van der Waals surface area (Å²) in [5.74, 6) is -1.21. The molecule has 1 aliphatic heterocycles. The summed E-state index contributed by atoms with van der Waals surface area (Å²) < 4.78 is 52.4. The number of hydrogen-bond donors (Lipinski definition) is 1. The average molecular weight is 412 g/mol. The Kier molecular flexibility index (Phi) is 5.93. The van der Waals surface area contributed by atoms with Crippen LogP contribution in [-0.2, 0) is 17.5 Å². The highest BCUT2D eigenvalue weighted by atomic mass is 32.2. The summed E-state index contributed by atoms with van der Waals surface area (Å²) in [6.07, 6.45) is -4.74. The molecule has 9 heteroatoms. The zero-order chi connectivity index (χ0) is 20.3. The fraction of sp³-hybridized carbons (Fsp3) is 0.263. The standard InChI is InChI=1S/C19H16F4N2O2S/c20-14-7-6-13(15(8-14)19(21,22)23)9-24-17(26)16-10-28-11-25(16)18(27)12-4-2-1-3-5-12/h1-8,16H,9-11H2,(H,24,26)/t16-/m0/s1. The summed E-state index contributed by atoms with van der Waals surface area (Å²) in [5.41, 5.74) is -0.944. The number of halogens is 4. The summed E-state index contributed by atoms with van der Waals surface area (Å²) in [6, 6.07) is 9.97. The Balaban J connectivity index is 1.71. The van der Waals surface area contributed by atoms with E-state index in [1.165, 1.54) is 16.7 Å². The topological polar surface area (TPSA) is 49.4 Å². The molecule has 0 aromatic heterocycles. The Labute approximate surface area is 162 Å². The third kappa shape index (κ3) is 4.46. The maximum Gasteiger partial charge on any atom is 0.416 e. The fourth-order valence-corrected chi connectivity index (χ4v) is 4.03. The quantitative estimate of drug-likeness (QED) is 0.780. The van der Waals surface area contributed by atoms with E-state index in [4.69, 9.17) is 0 Å². The van der Waals surface area contributed by atoms with E-state index in [-0.39, 0.29) is 11.5 Å². The van der Waals surface area contributed by atoms with E-state index in [1.807, 2.05) is 0 Å². The van der Waals surface area contributed by atoms with Gasteiger partial charge in [0.2, 0.25) is 5.91 Å². The second kappa shape index (κ2) is 8.22. The van der Waals surface area contributed by atoms with Crippen molar-refractivity contribution in [3.05, 3.63) is 71.0 Å². The molecule has 4 nitrogen and oxygen atoms in total. The van der Waals surface area contributed by atoms with Crippen LogP contribution in [0.5, 0.6) is 0 Å². The molecule has 2 aromatic rings. The van der Waals surface area contributed by atoms with Crippen LogP contribution >= 0.6 is 11.8 Å². The van der Waals surface area contributed by atoms with Gasteiger partial charge in [-0.25, -0.2) is 4.39 Å². The molecular formula is C19H16F4N2O2S. The molecule has 28 heavy (non-hydrogen) atoms. The molecule has 2 amide bonds. The fourth-order valence-electron chi connectivity index (χ4n) is 2.87. The number of carbonyl (C=O) groups excluding carboxylic acids is 2. The lowest BCUT2D eigenvalue weighted by atomic mass is 10.1. The minimum Gasteiger partial charge on any atom is -0.350 e. The molecule has 2 aromatic carbocycles. The first-order valence-electron chi connectivity index (χ1n) is 8.34. The second-order valence-corrected chi connectivity index (χ2v) is 7.17. The lowest BCUT2D eigenvalue weighted by molar-refractivity contribution is -0.138. The normalized spacial score (nSPS) is 16.9. The number of benzene rings is 2. The molecule has 1 atom stereocenters. The predicted octanol–water partition coefficient (Wildman–Crippen LogP) is 3.68. The second-order valence-electron chi connectivity index (χ2n) is 6.17. The SMILES string of the molecule is O=C(NCc1ccc(F)cc1C(F)(F)F)[C@@H]1CSCN1C(=O)c1ccccc1.